The molecule has 0 spiro atoms. The van der Waals surface area contributed by atoms with Crippen LogP contribution in [0.25, 0.3) is 10.9 Å². The van der Waals surface area contributed by atoms with Gasteiger partial charge in [0.2, 0.25) is 15.9 Å². The highest BCUT2D eigenvalue weighted by atomic mass is 32.2. The number of nitrogens with zero attached hydrogens (tertiary/aromatic N) is 1. The Morgan fingerprint density at radius 2 is 2.00 bits per heavy atom. The molecule has 0 fully saturated rings. The maximum absolute atomic E-state index is 12.1. The van der Waals surface area contributed by atoms with Crippen molar-refractivity contribution in [3.63, 3.8) is 0 Å². The van der Waals surface area contributed by atoms with Gasteiger partial charge in [0.1, 0.15) is 4.21 Å². The van der Waals surface area contributed by atoms with E-state index in [9.17, 15) is 13.2 Å². The molecule has 138 valence electrons. The van der Waals surface area contributed by atoms with Gasteiger partial charge in [0.25, 0.3) is 0 Å². The third-order valence-corrected chi connectivity index (χ3v) is 7.06. The van der Waals surface area contributed by atoms with Gasteiger partial charge in [-0.2, -0.15) is 0 Å². The Kier molecular flexibility index (Phi) is 5.75. The Balaban J connectivity index is 1.57. The Morgan fingerprint density at radius 1 is 1.19 bits per heavy atom. The van der Waals surface area contributed by atoms with E-state index in [-0.39, 0.29) is 16.7 Å². The first kappa shape index (κ1) is 18.6. The number of benzene rings is 1. The summed E-state index contributed by atoms with van der Waals surface area (Å²) < 4.78 is 27.1. The quantitative estimate of drug-likeness (QED) is 0.619. The minimum Gasteiger partial charge on any atom is -0.361 e. The van der Waals surface area contributed by atoms with E-state index in [2.05, 4.69) is 15.8 Å². The highest BCUT2D eigenvalue weighted by molar-refractivity contribution is 7.91. The first-order valence-corrected chi connectivity index (χ1v) is 10.7. The molecule has 3 aromatic rings. The zero-order valence-electron chi connectivity index (χ0n) is 14.4. The second-order valence-electron chi connectivity index (χ2n) is 5.95. The molecule has 0 atom stereocenters. The van der Waals surface area contributed by atoms with E-state index in [0.717, 1.165) is 16.5 Å². The van der Waals surface area contributed by atoms with Crippen molar-refractivity contribution < 1.29 is 13.2 Å². The zero-order chi connectivity index (χ0) is 18.6. The van der Waals surface area contributed by atoms with E-state index in [0.29, 0.717) is 19.5 Å². The van der Waals surface area contributed by atoms with Crippen LogP contribution in [0.1, 0.15) is 12.5 Å². The van der Waals surface area contributed by atoms with Crippen LogP contribution in [0.2, 0.25) is 0 Å². The van der Waals surface area contributed by atoms with Gasteiger partial charge in [0.15, 0.2) is 0 Å². The number of rotatable bonds is 8. The van der Waals surface area contributed by atoms with Gasteiger partial charge in [-0.15, -0.1) is 11.3 Å². The van der Waals surface area contributed by atoms with Crippen molar-refractivity contribution >= 4 is 38.2 Å². The third-order valence-electron chi connectivity index (χ3n) is 4.21. The molecule has 0 saturated carbocycles. The van der Waals surface area contributed by atoms with Crippen molar-refractivity contribution in [3.8, 4) is 0 Å². The van der Waals surface area contributed by atoms with Crippen LogP contribution in [0.3, 0.4) is 0 Å². The molecule has 0 saturated heterocycles. The Hall–Kier alpha value is -2.16. The van der Waals surface area contributed by atoms with E-state index >= 15 is 0 Å². The van der Waals surface area contributed by atoms with E-state index in [1.165, 1.54) is 18.3 Å². The van der Waals surface area contributed by atoms with Gasteiger partial charge in [-0.25, -0.2) is 13.1 Å². The van der Waals surface area contributed by atoms with E-state index in [1.54, 1.807) is 22.4 Å². The first-order valence-electron chi connectivity index (χ1n) is 8.31. The number of hydrogen-bond acceptors (Lipinski definition) is 4. The van der Waals surface area contributed by atoms with Gasteiger partial charge in [0, 0.05) is 43.7 Å². The van der Waals surface area contributed by atoms with Gasteiger partial charge < -0.3 is 9.88 Å². The van der Waals surface area contributed by atoms with E-state index < -0.39 is 10.0 Å². The van der Waals surface area contributed by atoms with Gasteiger partial charge in [0.05, 0.1) is 0 Å². The molecule has 2 heterocycles. The molecule has 1 amide bonds. The summed E-state index contributed by atoms with van der Waals surface area (Å²) in [5.41, 5.74) is 2.21. The summed E-state index contributed by atoms with van der Waals surface area (Å²) in [6.07, 6.45) is 2.67. The Morgan fingerprint density at radius 3 is 2.73 bits per heavy atom. The highest BCUT2D eigenvalue weighted by Gasteiger charge is 2.16. The largest absolute Gasteiger partial charge is 0.361 e. The Labute approximate surface area is 156 Å². The number of carbonyl (C=O) groups is 1. The SMILES string of the molecule is CC(=O)N(CCNS(=O)(=O)c1cccs1)CCc1c[nH]c2ccccc12. The van der Waals surface area contributed by atoms with Crippen molar-refractivity contribution in [1.82, 2.24) is 14.6 Å². The fourth-order valence-corrected chi connectivity index (χ4v) is 4.88. The minimum absolute atomic E-state index is 0.0693. The van der Waals surface area contributed by atoms with Crippen LogP contribution in [0.4, 0.5) is 0 Å². The summed E-state index contributed by atoms with van der Waals surface area (Å²) >= 11 is 1.17. The van der Waals surface area contributed by atoms with Crippen LogP contribution < -0.4 is 4.72 Å². The standard InChI is InChI=1S/C18H21N3O3S2/c1-14(22)21(11-9-20-26(23,24)18-7-4-12-25-18)10-8-15-13-19-17-6-3-2-5-16(15)17/h2-7,12-13,19-20H,8-11H2,1H3. The number of nitrogens with one attached hydrogen (secondary N) is 2. The third kappa shape index (κ3) is 4.32. The summed E-state index contributed by atoms with van der Waals surface area (Å²) in [6, 6.07) is 11.3. The summed E-state index contributed by atoms with van der Waals surface area (Å²) in [5.74, 6) is -0.0693. The number of para-hydroxylation sites is 1. The van der Waals surface area contributed by atoms with E-state index in [4.69, 9.17) is 0 Å². The summed E-state index contributed by atoms with van der Waals surface area (Å²) in [6.45, 7) is 2.57. The molecule has 3 rings (SSSR count). The number of sulfonamides is 1. The topological polar surface area (TPSA) is 82.3 Å². The second kappa shape index (κ2) is 8.03. The highest BCUT2D eigenvalue weighted by Crippen LogP contribution is 2.18. The summed E-state index contributed by atoms with van der Waals surface area (Å²) in [7, 11) is -3.50. The molecule has 0 radical (unpaired) electrons. The number of hydrogen-bond donors (Lipinski definition) is 2. The molecule has 8 heteroatoms. The van der Waals surface area contributed by atoms with Crippen molar-refractivity contribution in [3.05, 3.63) is 53.5 Å². The van der Waals surface area contributed by atoms with Gasteiger partial charge >= 0.3 is 0 Å². The summed E-state index contributed by atoms with van der Waals surface area (Å²) in [4.78, 5) is 16.8. The van der Waals surface area contributed by atoms with Crippen molar-refractivity contribution in [1.29, 1.82) is 0 Å². The molecule has 6 nitrogen and oxygen atoms in total. The van der Waals surface area contributed by atoms with Crippen LogP contribution >= 0.6 is 11.3 Å². The second-order valence-corrected chi connectivity index (χ2v) is 8.89. The molecular weight excluding hydrogens is 370 g/mol. The van der Waals surface area contributed by atoms with Crippen LogP contribution in [0.15, 0.2) is 52.2 Å². The molecule has 26 heavy (non-hydrogen) atoms. The molecule has 2 N–H and O–H groups in total. The zero-order valence-corrected chi connectivity index (χ0v) is 16.1. The molecule has 0 bridgehead atoms. The predicted molar refractivity (Wildman–Crippen MR) is 104 cm³/mol. The normalized spacial score (nSPS) is 11.7. The van der Waals surface area contributed by atoms with Gasteiger partial charge in [-0.1, -0.05) is 24.3 Å². The fraction of sp³-hybridized carbons (Fsp3) is 0.278. The molecule has 0 aliphatic carbocycles. The number of amides is 1. The smallest absolute Gasteiger partial charge is 0.250 e. The molecular formula is C18H21N3O3S2. The lowest BCUT2D eigenvalue weighted by Crippen LogP contribution is -2.38. The number of thiophene rings is 1. The molecule has 0 unspecified atom stereocenters. The number of aromatic nitrogens is 1. The monoisotopic (exact) mass is 391 g/mol. The van der Waals surface area contributed by atoms with Crippen molar-refractivity contribution in [2.45, 2.75) is 17.6 Å². The van der Waals surface area contributed by atoms with Gasteiger partial charge in [-0.3, -0.25) is 4.79 Å². The van der Waals surface area contributed by atoms with Crippen LogP contribution in [-0.2, 0) is 21.2 Å². The average Bonchev–Trinajstić information content (AvgIpc) is 3.28. The number of carbonyl (C=O) groups excluding carboxylic acids is 1. The molecule has 1 aromatic carbocycles. The van der Waals surface area contributed by atoms with Crippen LogP contribution in [-0.4, -0.2) is 43.8 Å². The Bertz CT molecular complexity index is 978. The lowest BCUT2D eigenvalue weighted by atomic mass is 10.1. The maximum atomic E-state index is 12.1. The van der Waals surface area contributed by atoms with E-state index in [1.807, 2.05) is 24.4 Å². The average molecular weight is 392 g/mol. The molecule has 0 aliphatic heterocycles. The first-order chi connectivity index (χ1) is 12.5. The maximum Gasteiger partial charge on any atom is 0.250 e. The lowest BCUT2D eigenvalue weighted by Gasteiger charge is -2.21. The van der Waals surface area contributed by atoms with Crippen LogP contribution in [0, 0.1) is 0 Å². The number of aromatic amines is 1. The summed E-state index contributed by atoms with van der Waals surface area (Å²) in [5, 5.41) is 2.87. The fourth-order valence-electron chi connectivity index (χ4n) is 2.82. The van der Waals surface area contributed by atoms with Crippen molar-refractivity contribution in [2.24, 2.45) is 0 Å². The molecule has 0 aliphatic rings. The lowest BCUT2D eigenvalue weighted by molar-refractivity contribution is -0.128. The predicted octanol–water partition coefficient (Wildman–Crippen LogP) is 2.60. The minimum atomic E-state index is -3.50. The molecule has 2 aromatic heterocycles. The van der Waals surface area contributed by atoms with Gasteiger partial charge in [-0.05, 0) is 29.5 Å². The van der Waals surface area contributed by atoms with Crippen LogP contribution in [0.5, 0.6) is 0 Å². The number of fused-ring (bicyclic) bond motifs is 1. The van der Waals surface area contributed by atoms with Crippen molar-refractivity contribution in [2.75, 3.05) is 19.6 Å². The number of H-pyrrole nitrogens is 1.